The van der Waals surface area contributed by atoms with Crippen LogP contribution in [-0.4, -0.2) is 28.6 Å². The molecule has 0 saturated heterocycles. The zero-order valence-electron chi connectivity index (χ0n) is 13.1. The molecule has 1 amide bonds. The number of rotatable bonds is 4. The van der Waals surface area contributed by atoms with E-state index in [1.807, 2.05) is 0 Å². The van der Waals surface area contributed by atoms with Gasteiger partial charge in [0.25, 0.3) is 5.91 Å². The molecular weight excluding hydrogens is 350 g/mol. The Hall–Kier alpha value is -1.83. The first-order valence-electron chi connectivity index (χ1n) is 7.68. The molecule has 1 aromatic carbocycles. The lowest BCUT2D eigenvalue weighted by molar-refractivity contribution is 0.102. The Labute approximate surface area is 148 Å². The quantitative estimate of drug-likeness (QED) is 0.771. The van der Waals surface area contributed by atoms with Crippen molar-refractivity contribution in [3.8, 4) is 11.5 Å². The molecule has 0 aliphatic heterocycles. The van der Waals surface area contributed by atoms with Crippen molar-refractivity contribution in [2.24, 2.45) is 5.73 Å². The molecule has 0 fully saturated rings. The number of nitrogens with zero attached hydrogens (tertiary/aromatic N) is 1. The summed E-state index contributed by atoms with van der Waals surface area (Å²) in [7, 11) is 0. The maximum absolute atomic E-state index is 12.4. The van der Waals surface area contributed by atoms with E-state index in [4.69, 9.17) is 22.1 Å². The van der Waals surface area contributed by atoms with Gasteiger partial charge in [-0.15, -0.1) is 11.3 Å². The highest BCUT2D eigenvalue weighted by molar-refractivity contribution is 7.15. The van der Waals surface area contributed by atoms with Crippen LogP contribution in [0.15, 0.2) is 12.1 Å². The molecule has 1 atom stereocenters. The van der Waals surface area contributed by atoms with Crippen molar-refractivity contribution in [2.75, 3.05) is 11.9 Å². The summed E-state index contributed by atoms with van der Waals surface area (Å²) < 4.78 is 5.30. The Morgan fingerprint density at radius 2 is 2.38 bits per heavy atom. The van der Waals surface area contributed by atoms with Gasteiger partial charge in [-0.25, -0.2) is 4.98 Å². The molecule has 1 aromatic heterocycles. The molecule has 1 heterocycles. The maximum Gasteiger partial charge on any atom is 0.257 e. The van der Waals surface area contributed by atoms with Crippen LogP contribution in [0.2, 0.25) is 5.02 Å². The van der Waals surface area contributed by atoms with Crippen LogP contribution in [0.1, 0.15) is 34.3 Å². The van der Waals surface area contributed by atoms with E-state index in [-0.39, 0.29) is 28.5 Å². The van der Waals surface area contributed by atoms with E-state index in [9.17, 15) is 9.90 Å². The number of aryl methyl sites for hydroxylation is 1. The van der Waals surface area contributed by atoms with Crippen molar-refractivity contribution in [3.63, 3.8) is 0 Å². The van der Waals surface area contributed by atoms with Gasteiger partial charge in [0, 0.05) is 16.5 Å². The Morgan fingerprint density at radius 1 is 1.58 bits per heavy atom. The van der Waals surface area contributed by atoms with E-state index in [0.29, 0.717) is 17.3 Å². The zero-order chi connectivity index (χ0) is 17.3. The summed E-state index contributed by atoms with van der Waals surface area (Å²) in [5.41, 5.74) is 7.27. The molecule has 0 bridgehead atoms. The minimum Gasteiger partial charge on any atom is -0.503 e. The van der Waals surface area contributed by atoms with Gasteiger partial charge >= 0.3 is 0 Å². The maximum atomic E-state index is 12.4. The average molecular weight is 368 g/mol. The van der Waals surface area contributed by atoms with E-state index >= 15 is 0 Å². The van der Waals surface area contributed by atoms with Gasteiger partial charge in [-0.05, 0) is 38.3 Å². The lowest BCUT2D eigenvalue weighted by atomic mass is 9.99. The van der Waals surface area contributed by atoms with Gasteiger partial charge in [-0.1, -0.05) is 11.6 Å². The van der Waals surface area contributed by atoms with E-state index in [0.717, 1.165) is 29.8 Å². The van der Waals surface area contributed by atoms with Crippen molar-refractivity contribution >= 4 is 34.0 Å². The smallest absolute Gasteiger partial charge is 0.257 e. The summed E-state index contributed by atoms with van der Waals surface area (Å²) in [5, 5.41) is 13.2. The lowest BCUT2D eigenvalue weighted by Crippen LogP contribution is -2.27. The van der Waals surface area contributed by atoms with Gasteiger partial charge in [0.05, 0.1) is 17.3 Å². The topological polar surface area (TPSA) is 97.5 Å². The summed E-state index contributed by atoms with van der Waals surface area (Å²) in [6, 6.07) is 3.02. The molecular formula is C16H18ClN3O3S. The Kier molecular flexibility index (Phi) is 4.93. The molecule has 4 N–H and O–H groups in total. The number of carbonyl (C=O) groups is 1. The number of hydrogen-bond acceptors (Lipinski definition) is 6. The number of carbonyl (C=O) groups excluding carboxylic acids is 1. The second-order valence-corrected chi connectivity index (χ2v) is 7.07. The van der Waals surface area contributed by atoms with Gasteiger partial charge in [-0.3, -0.25) is 10.1 Å². The van der Waals surface area contributed by atoms with E-state index in [2.05, 4.69) is 10.3 Å². The predicted octanol–water partition coefficient (Wildman–Crippen LogP) is 2.97. The number of phenols is 1. The largest absolute Gasteiger partial charge is 0.503 e. The number of amides is 1. The molecule has 1 aliphatic carbocycles. The summed E-state index contributed by atoms with van der Waals surface area (Å²) in [6.45, 7) is 2.14. The fourth-order valence-corrected chi connectivity index (χ4v) is 3.90. The summed E-state index contributed by atoms with van der Waals surface area (Å²) in [5.74, 6) is -0.346. The molecule has 0 spiro atoms. The number of phenolic OH excluding ortho intramolecular Hbond substituents is 1. The van der Waals surface area contributed by atoms with Gasteiger partial charge in [0.2, 0.25) is 0 Å². The van der Waals surface area contributed by atoms with Crippen LogP contribution in [-0.2, 0) is 12.8 Å². The van der Waals surface area contributed by atoms with E-state index in [1.54, 1.807) is 6.92 Å². The first kappa shape index (κ1) is 17.0. The molecule has 0 unspecified atom stereocenters. The van der Waals surface area contributed by atoms with Gasteiger partial charge in [0.1, 0.15) is 0 Å². The molecule has 0 radical (unpaired) electrons. The van der Waals surface area contributed by atoms with Gasteiger partial charge in [-0.2, -0.15) is 0 Å². The predicted molar refractivity (Wildman–Crippen MR) is 94.4 cm³/mol. The van der Waals surface area contributed by atoms with Crippen molar-refractivity contribution < 1.29 is 14.6 Å². The third-order valence-corrected chi connectivity index (χ3v) is 5.11. The second kappa shape index (κ2) is 6.96. The molecule has 24 heavy (non-hydrogen) atoms. The molecule has 6 nitrogen and oxygen atoms in total. The second-order valence-electron chi connectivity index (χ2n) is 5.58. The number of hydrogen-bond donors (Lipinski definition) is 3. The molecule has 0 saturated carbocycles. The van der Waals surface area contributed by atoms with Crippen LogP contribution in [0.25, 0.3) is 0 Å². The van der Waals surface area contributed by atoms with Crippen LogP contribution >= 0.6 is 22.9 Å². The Morgan fingerprint density at radius 3 is 3.12 bits per heavy atom. The molecule has 3 rings (SSSR count). The van der Waals surface area contributed by atoms with Gasteiger partial charge < -0.3 is 15.6 Å². The van der Waals surface area contributed by atoms with Gasteiger partial charge in [0.15, 0.2) is 16.6 Å². The number of anilines is 1. The molecule has 2 aromatic rings. The third kappa shape index (κ3) is 3.48. The van der Waals surface area contributed by atoms with Crippen molar-refractivity contribution in [3.05, 3.63) is 33.3 Å². The monoisotopic (exact) mass is 367 g/mol. The van der Waals surface area contributed by atoms with Crippen LogP contribution in [0, 0.1) is 0 Å². The SMILES string of the molecule is CCOc1cc(C(=O)Nc2nc3c(s2)C[C@@H](N)CC3)cc(Cl)c1O. The molecule has 8 heteroatoms. The summed E-state index contributed by atoms with van der Waals surface area (Å²) in [4.78, 5) is 18.0. The number of thiazole rings is 1. The van der Waals surface area contributed by atoms with Crippen molar-refractivity contribution in [1.29, 1.82) is 0 Å². The number of aromatic nitrogens is 1. The van der Waals surface area contributed by atoms with Crippen molar-refractivity contribution in [1.82, 2.24) is 4.98 Å². The number of benzene rings is 1. The average Bonchev–Trinajstić information content (AvgIpc) is 2.93. The highest BCUT2D eigenvalue weighted by atomic mass is 35.5. The highest BCUT2D eigenvalue weighted by Gasteiger charge is 2.21. The van der Waals surface area contributed by atoms with Crippen LogP contribution < -0.4 is 15.8 Å². The first-order valence-corrected chi connectivity index (χ1v) is 8.88. The number of aromatic hydroxyl groups is 1. The number of halogens is 1. The minimum absolute atomic E-state index is 0.0653. The minimum atomic E-state index is -0.353. The fourth-order valence-electron chi connectivity index (χ4n) is 2.59. The molecule has 1 aliphatic rings. The lowest BCUT2D eigenvalue weighted by Gasteiger charge is -2.15. The number of fused-ring (bicyclic) bond motifs is 1. The zero-order valence-corrected chi connectivity index (χ0v) is 14.7. The summed E-state index contributed by atoms with van der Waals surface area (Å²) >= 11 is 7.41. The van der Waals surface area contributed by atoms with Crippen molar-refractivity contribution in [2.45, 2.75) is 32.2 Å². The summed E-state index contributed by atoms with van der Waals surface area (Å²) in [6.07, 6.45) is 2.54. The highest BCUT2D eigenvalue weighted by Crippen LogP contribution is 2.36. The standard InChI is InChI=1S/C16H18ClN3O3S/c1-2-23-12-6-8(5-10(17)14(12)21)15(22)20-16-19-11-4-3-9(18)7-13(11)24-16/h5-6,9,21H,2-4,7,18H2,1H3,(H,19,20,22)/t9-/m0/s1. The fraction of sp³-hybridized carbons (Fsp3) is 0.375. The first-order chi connectivity index (χ1) is 11.5. The van der Waals surface area contributed by atoms with Crippen LogP contribution in [0.5, 0.6) is 11.5 Å². The Balaban J connectivity index is 1.80. The van der Waals surface area contributed by atoms with E-state index < -0.39 is 0 Å². The number of nitrogens with two attached hydrogens (primary N) is 1. The van der Waals surface area contributed by atoms with Crippen LogP contribution in [0.3, 0.4) is 0 Å². The number of nitrogens with one attached hydrogen (secondary N) is 1. The normalized spacial score (nSPS) is 16.5. The van der Waals surface area contributed by atoms with Crippen LogP contribution in [0.4, 0.5) is 5.13 Å². The number of ether oxygens (including phenoxy) is 1. The molecule has 128 valence electrons. The third-order valence-electron chi connectivity index (χ3n) is 3.79. The van der Waals surface area contributed by atoms with E-state index in [1.165, 1.54) is 23.5 Å². The Bertz CT molecular complexity index is 778.